The maximum absolute atomic E-state index is 10.1. The molecule has 1 atom stereocenters. The van der Waals surface area contributed by atoms with Crippen molar-refractivity contribution in [3.05, 3.63) is 50.9 Å². The van der Waals surface area contributed by atoms with Gasteiger partial charge in [0.1, 0.15) is 6.10 Å². The summed E-state index contributed by atoms with van der Waals surface area (Å²) in [5.74, 6) is 0. The van der Waals surface area contributed by atoms with Gasteiger partial charge in [-0.05, 0) is 24.6 Å². The largest absolute Gasteiger partial charge is 0.383 e. The van der Waals surface area contributed by atoms with Gasteiger partial charge >= 0.3 is 0 Å². The van der Waals surface area contributed by atoms with E-state index in [1.54, 1.807) is 17.6 Å². The first-order valence-corrected chi connectivity index (χ1v) is 5.78. The summed E-state index contributed by atoms with van der Waals surface area (Å²) in [6, 6.07) is 7.20. The first-order chi connectivity index (χ1) is 7.18. The highest BCUT2D eigenvalue weighted by atomic mass is 35.5. The highest BCUT2D eigenvalue weighted by Crippen LogP contribution is 2.28. The highest BCUT2D eigenvalue weighted by Gasteiger charge is 2.14. The van der Waals surface area contributed by atoms with Crippen LogP contribution >= 0.6 is 22.9 Å². The monoisotopic (exact) mass is 239 g/mol. The normalized spacial score (nSPS) is 12.7. The van der Waals surface area contributed by atoms with Crippen LogP contribution in [0.2, 0.25) is 5.02 Å². The molecule has 0 radical (unpaired) electrons. The molecule has 2 nitrogen and oxygen atoms in total. The molecule has 1 aromatic carbocycles. The molecule has 0 aliphatic heterocycles. The van der Waals surface area contributed by atoms with E-state index in [0.29, 0.717) is 5.02 Å². The number of thiazole rings is 1. The number of aromatic nitrogens is 1. The number of nitrogens with zero attached hydrogens (tertiary/aromatic N) is 1. The molecule has 1 heterocycles. The minimum Gasteiger partial charge on any atom is -0.383 e. The second kappa shape index (κ2) is 4.31. The van der Waals surface area contributed by atoms with Crippen molar-refractivity contribution >= 4 is 22.9 Å². The average molecular weight is 240 g/mol. The van der Waals surface area contributed by atoms with Gasteiger partial charge in [-0.3, -0.25) is 0 Å². The number of benzene rings is 1. The van der Waals surface area contributed by atoms with Gasteiger partial charge in [0.15, 0.2) is 0 Å². The van der Waals surface area contributed by atoms with Crippen LogP contribution in [0.5, 0.6) is 0 Å². The van der Waals surface area contributed by atoms with Crippen LogP contribution in [-0.4, -0.2) is 10.1 Å². The van der Waals surface area contributed by atoms with Gasteiger partial charge in [-0.1, -0.05) is 23.7 Å². The van der Waals surface area contributed by atoms with Crippen molar-refractivity contribution in [1.29, 1.82) is 0 Å². The second-order valence-electron chi connectivity index (χ2n) is 3.26. The van der Waals surface area contributed by atoms with Crippen LogP contribution in [0.4, 0.5) is 0 Å². The number of aryl methyl sites for hydroxylation is 1. The Balaban J connectivity index is 2.32. The topological polar surface area (TPSA) is 33.1 Å². The zero-order valence-electron chi connectivity index (χ0n) is 8.14. The fraction of sp³-hybridized carbons (Fsp3) is 0.182. The Kier molecular flexibility index (Phi) is 3.05. The third kappa shape index (κ3) is 2.20. The smallest absolute Gasteiger partial charge is 0.115 e. The summed E-state index contributed by atoms with van der Waals surface area (Å²) in [6.45, 7) is 1.89. The van der Waals surface area contributed by atoms with E-state index in [1.165, 1.54) is 11.3 Å². The van der Waals surface area contributed by atoms with Crippen LogP contribution < -0.4 is 0 Å². The van der Waals surface area contributed by atoms with Crippen LogP contribution in [0, 0.1) is 6.92 Å². The van der Waals surface area contributed by atoms with E-state index >= 15 is 0 Å². The van der Waals surface area contributed by atoms with E-state index in [0.717, 1.165) is 16.1 Å². The SMILES string of the molecule is Cc1ncsc1C(O)c1ccc(Cl)cc1. The summed E-state index contributed by atoms with van der Waals surface area (Å²) in [4.78, 5) is 5.00. The highest BCUT2D eigenvalue weighted by molar-refractivity contribution is 7.09. The molecule has 0 spiro atoms. The van der Waals surface area contributed by atoms with Gasteiger partial charge in [-0.2, -0.15) is 0 Å². The maximum atomic E-state index is 10.1. The average Bonchev–Trinajstić information content (AvgIpc) is 2.65. The number of hydrogen-bond donors (Lipinski definition) is 1. The molecule has 1 aromatic heterocycles. The van der Waals surface area contributed by atoms with Gasteiger partial charge in [0.2, 0.25) is 0 Å². The predicted molar refractivity (Wildman–Crippen MR) is 62.4 cm³/mol. The third-order valence-corrected chi connectivity index (χ3v) is 3.45. The van der Waals surface area contributed by atoms with Crippen molar-refractivity contribution < 1.29 is 5.11 Å². The fourth-order valence-corrected chi connectivity index (χ4v) is 2.31. The summed E-state index contributed by atoms with van der Waals surface area (Å²) in [5.41, 5.74) is 3.46. The Bertz CT molecular complexity index is 452. The predicted octanol–water partition coefficient (Wildman–Crippen LogP) is 3.19. The van der Waals surface area contributed by atoms with E-state index in [-0.39, 0.29) is 0 Å². The lowest BCUT2D eigenvalue weighted by atomic mass is 10.1. The van der Waals surface area contributed by atoms with E-state index in [9.17, 15) is 5.11 Å². The molecule has 15 heavy (non-hydrogen) atoms. The van der Waals surface area contributed by atoms with E-state index in [4.69, 9.17) is 11.6 Å². The standard InChI is InChI=1S/C11H10ClNOS/c1-7-11(15-6-13-7)10(14)8-2-4-9(12)5-3-8/h2-6,10,14H,1H3. The molecule has 0 aliphatic rings. The number of aliphatic hydroxyl groups excluding tert-OH is 1. The Morgan fingerprint density at radius 3 is 2.53 bits per heavy atom. The number of aliphatic hydroxyl groups is 1. The van der Waals surface area contributed by atoms with Gasteiger partial charge in [-0.25, -0.2) is 4.98 Å². The Morgan fingerprint density at radius 2 is 2.00 bits per heavy atom. The summed E-state index contributed by atoms with van der Waals surface area (Å²) < 4.78 is 0. The first-order valence-electron chi connectivity index (χ1n) is 4.52. The van der Waals surface area contributed by atoms with Crippen molar-refractivity contribution in [2.75, 3.05) is 0 Å². The van der Waals surface area contributed by atoms with Crippen LogP contribution in [0.3, 0.4) is 0 Å². The Labute approximate surface area is 97.2 Å². The van der Waals surface area contributed by atoms with Crippen molar-refractivity contribution in [1.82, 2.24) is 4.98 Å². The zero-order valence-corrected chi connectivity index (χ0v) is 9.72. The lowest BCUT2D eigenvalue weighted by molar-refractivity contribution is 0.223. The van der Waals surface area contributed by atoms with E-state index in [2.05, 4.69) is 4.98 Å². The number of halogens is 1. The van der Waals surface area contributed by atoms with Gasteiger partial charge in [0.25, 0.3) is 0 Å². The minimum atomic E-state index is -0.602. The molecule has 2 rings (SSSR count). The number of rotatable bonds is 2. The molecule has 2 aromatic rings. The molecule has 0 fully saturated rings. The van der Waals surface area contributed by atoms with Crippen molar-refractivity contribution in [3.8, 4) is 0 Å². The second-order valence-corrected chi connectivity index (χ2v) is 4.58. The van der Waals surface area contributed by atoms with Gasteiger partial charge in [0.05, 0.1) is 16.1 Å². The Hall–Kier alpha value is -0.900. The fourth-order valence-electron chi connectivity index (χ4n) is 1.37. The Morgan fingerprint density at radius 1 is 1.33 bits per heavy atom. The summed E-state index contributed by atoms with van der Waals surface area (Å²) in [7, 11) is 0. The van der Waals surface area contributed by atoms with Crippen LogP contribution in [-0.2, 0) is 0 Å². The lowest BCUT2D eigenvalue weighted by Gasteiger charge is -2.09. The van der Waals surface area contributed by atoms with Crippen LogP contribution in [0.25, 0.3) is 0 Å². The molecule has 0 aliphatic carbocycles. The quantitative estimate of drug-likeness (QED) is 0.873. The van der Waals surface area contributed by atoms with Crippen molar-refractivity contribution in [3.63, 3.8) is 0 Å². The molecule has 1 unspecified atom stereocenters. The van der Waals surface area contributed by atoms with E-state index in [1.807, 2.05) is 19.1 Å². The van der Waals surface area contributed by atoms with Crippen molar-refractivity contribution in [2.45, 2.75) is 13.0 Å². The minimum absolute atomic E-state index is 0.602. The van der Waals surface area contributed by atoms with Crippen LogP contribution in [0.15, 0.2) is 29.8 Å². The van der Waals surface area contributed by atoms with Gasteiger partial charge < -0.3 is 5.11 Å². The molecular weight excluding hydrogens is 230 g/mol. The summed E-state index contributed by atoms with van der Waals surface area (Å²) in [5, 5.41) is 10.8. The third-order valence-electron chi connectivity index (χ3n) is 2.22. The van der Waals surface area contributed by atoms with Gasteiger partial charge in [-0.15, -0.1) is 11.3 Å². The molecule has 0 saturated heterocycles. The summed E-state index contributed by atoms with van der Waals surface area (Å²) >= 11 is 7.24. The van der Waals surface area contributed by atoms with Crippen molar-refractivity contribution in [2.24, 2.45) is 0 Å². The van der Waals surface area contributed by atoms with Crippen LogP contribution in [0.1, 0.15) is 22.2 Å². The molecule has 4 heteroatoms. The molecule has 78 valence electrons. The first kappa shape index (κ1) is 10.6. The molecule has 1 N–H and O–H groups in total. The maximum Gasteiger partial charge on any atom is 0.115 e. The molecule has 0 saturated carbocycles. The molecular formula is C11H10ClNOS. The molecule has 0 bridgehead atoms. The molecule has 0 amide bonds. The lowest BCUT2D eigenvalue weighted by Crippen LogP contribution is -1.98. The number of hydrogen-bond acceptors (Lipinski definition) is 3. The van der Waals surface area contributed by atoms with E-state index < -0.39 is 6.10 Å². The van der Waals surface area contributed by atoms with Gasteiger partial charge in [0, 0.05) is 5.02 Å². The zero-order chi connectivity index (χ0) is 10.8. The summed E-state index contributed by atoms with van der Waals surface area (Å²) in [6.07, 6.45) is -0.602.